The lowest BCUT2D eigenvalue weighted by Gasteiger charge is -2.15. The molecule has 0 unspecified atom stereocenters. The van der Waals surface area contributed by atoms with Gasteiger partial charge < -0.3 is 15.4 Å². The normalized spacial score (nSPS) is 10.3. The Bertz CT molecular complexity index is 430. The molecule has 0 aliphatic rings. The van der Waals surface area contributed by atoms with E-state index in [9.17, 15) is 4.79 Å². The summed E-state index contributed by atoms with van der Waals surface area (Å²) in [6, 6.07) is 5.18. The maximum Gasteiger partial charge on any atom is 0.257 e. The fraction of sp³-hybridized carbons (Fsp3) is 0.562. The number of carbonyl (C=O) groups is 1. The third-order valence-corrected chi connectivity index (χ3v) is 3.15. The van der Waals surface area contributed by atoms with Gasteiger partial charge in [0.05, 0.1) is 12.2 Å². The number of nitrogens with two attached hydrogens (primary N) is 1. The highest BCUT2D eigenvalue weighted by molar-refractivity contribution is 5.97. The standard InChI is InChI=1S/C16H26N2O2/c1-4-5-6-7-8-11-20-15-12-13(17)9-10-14(15)16(19)18(2)3/h9-10,12H,4-8,11,17H2,1-3H3. The van der Waals surface area contributed by atoms with E-state index in [0.717, 1.165) is 12.8 Å². The first-order valence-electron chi connectivity index (χ1n) is 7.30. The number of nitrogens with zero attached hydrogens (tertiary/aromatic N) is 1. The molecule has 0 aliphatic heterocycles. The molecule has 0 atom stereocenters. The molecule has 4 nitrogen and oxygen atoms in total. The van der Waals surface area contributed by atoms with Crippen LogP contribution in [0.25, 0.3) is 0 Å². The van der Waals surface area contributed by atoms with Crippen molar-refractivity contribution < 1.29 is 9.53 Å². The Morgan fingerprint density at radius 1 is 1.20 bits per heavy atom. The van der Waals surface area contributed by atoms with Gasteiger partial charge in [-0.05, 0) is 18.6 Å². The van der Waals surface area contributed by atoms with Gasteiger partial charge in [-0.25, -0.2) is 0 Å². The topological polar surface area (TPSA) is 55.6 Å². The van der Waals surface area contributed by atoms with E-state index >= 15 is 0 Å². The molecule has 112 valence electrons. The first kappa shape index (κ1) is 16.3. The molecule has 0 bridgehead atoms. The summed E-state index contributed by atoms with van der Waals surface area (Å²) >= 11 is 0. The van der Waals surface area contributed by atoms with Gasteiger partial charge in [0, 0.05) is 25.8 Å². The van der Waals surface area contributed by atoms with Crippen molar-refractivity contribution in [2.24, 2.45) is 0 Å². The lowest BCUT2D eigenvalue weighted by Crippen LogP contribution is -2.22. The Hall–Kier alpha value is -1.71. The molecule has 1 aromatic rings. The lowest BCUT2D eigenvalue weighted by atomic mass is 10.1. The van der Waals surface area contributed by atoms with Gasteiger partial charge in [-0.3, -0.25) is 4.79 Å². The Morgan fingerprint density at radius 2 is 1.90 bits per heavy atom. The Balaban J connectivity index is 2.59. The van der Waals surface area contributed by atoms with Crippen molar-refractivity contribution in [3.63, 3.8) is 0 Å². The van der Waals surface area contributed by atoms with Gasteiger partial charge in [-0.1, -0.05) is 32.6 Å². The van der Waals surface area contributed by atoms with Gasteiger partial charge in [-0.2, -0.15) is 0 Å². The van der Waals surface area contributed by atoms with Gasteiger partial charge in [-0.15, -0.1) is 0 Å². The molecule has 2 N–H and O–H groups in total. The Kier molecular flexibility index (Phi) is 6.91. The molecule has 4 heteroatoms. The van der Waals surface area contributed by atoms with Crippen LogP contribution in [0.4, 0.5) is 5.69 Å². The SMILES string of the molecule is CCCCCCCOc1cc(N)ccc1C(=O)N(C)C. The quantitative estimate of drug-likeness (QED) is 0.586. The molecule has 0 saturated carbocycles. The van der Waals surface area contributed by atoms with Gasteiger partial charge in [0.1, 0.15) is 5.75 Å². The second-order valence-corrected chi connectivity index (χ2v) is 5.22. The molecule has 0 aliphatic carbocycles. The maximum atomic E-state index is 12.1. The Labute approximate surface area is 121 Å². The van der Waals surface area contributed by atoms with E-state index in [4.69, 9.17) is 10.5 Å². The summed E-state index contributed by atoms with van der Waals surface area (Å²) in [5, 5.41) is 0. The zero-order valence-electron chi connectivity index (χ0n) is 12.8. The second kappa shape index (κ2) is 8.46. The first-order valence-corrected chi connectivity index (χ1v) is 7.30. The van der Waals surface area contributed by atoms with Crippen molar-refractivity contribution in [1.82, 2.24) is 4.90 Å². The Morgan fingerprint density at radius 3 is 2.55 bits per heavy atom. The van der Waals surface area contributed by atoms with Gasteiger partial charge in [0.15, 0.2) is 0 Å². The largest absolute Gasteiger partial charge is 0.493 e. The zero-order chi connectivity index (χ0) is 15.0. The molecule has 20 heavy (non-hydrogen) atoms. The van der Waals surface area contributed by atoms with Crippen LogP contribution in [0, 0.1) is 0 Å². The fourth-order valence-corrected chi connectivity index (χ4v) is 1.96. The number of anilines is 1. The highest BCUT2D eigenvalue weighted by atomic mass is 16.5. The molecule has 0 saturated heterocycles. The van der Waals surface area contributed by atoms with E-state index in [1.54, 1.807) is 37.2 Å². The van der Waals surface area contributed by atoms with E-state index in [0.29, 0.717) is 23.6 Å². The van der Waals surface area contributed by atoms with Gasteiger partial charge in [0.2, 0.25) is 0 Å². The summed E-state index contributed by atoms with van der Waals surface area (Å²) in [7, 11) is 3.46. The van der Waals surface area contributed by atoms with Crippen LogP contribution in [0.5, 0.6) is 5.75 Å². The molecule has 1 aromatic carbocycles. The fourth-order valence-electron chi connectivity index (χ4n) is 1.96. The highest BCUT2D eigenvalue weighted by Crippen LogP contribution is 2.23. The second-order valence-electron chi connectivity index (χ2n) is 5.22. The number of ether oxygens (including phenoxy) is 1. The third kappa shape index (κ3) is 5.11. The van der Waals surface area contributed by atoms with Crippen LogP contribution in [0.3, 0.4) is 0 Å². The average molecular weight is 278 g/mol. The monoisotopic (exact) mass is 278 g/mol. The van der Waals surface area contributed by atoms with Crippen molar-refractivity contribution in [3.05, 3.63) is 23.8 Å². The van der Waals surface area contributed by atoms with E-state index in [-0.39, 0.29) is 5.91 Å². The van der Waals surface area contributed by atoms with Crippen molar-refractivity contribution in [2.75, 3.05) is 26.4 Å². The number of rotatable bonds is 8. The summed E-state index contributed by atoms with van der Waals surface area (Å²) in [4.78, 5) is 13.6. The summed E-state index contributed by atoms with van der Waals surface area (Å²) < 4.78 is 5.74. The highest BCUT2D eigenvalue weighted by Gasteiger charge is 2.14. The van der Waals surface area contributed by atoms with Crippen LogP contribution in [0.1, 0.15) is 49.4 Å². The van der Waals surface area contributed by atoms with Crippen molar-refractivity contribution in [3.8, 4) is 5.75 Å². The van der Waals surface area contributed by atoms with Crippen LogP contribution >= 0.6 is 0 Å². The van der Waals surface area contributed by atoms with Crippen LogP contribution in [0.15, 0.2) is 18.2 Å². The maximum absolute atomic E-state index is 12.1. The van der Waals surface area contributed by atoms with E-state index in [1.807, 2.05) is 0 Å². The third-order valence-electron chi connectivity index (χ3n) is 3.15. The zero-order valence-corrected chi connectivity index (χ0v) is 12.8. The molecule has 0 heterocycles. The van der Waals surface area contributed by atoms with Crippen LogP contribution in [-0.4, -0.2) is 31.5 Å². The first-order chi connectivity index (χ1) is 9.56. The molecule has 0 aromatic heterocycles. The summed E-state index contributed by atoms with van der Waals surface area (Å²) in [5.41, 5.74) is 6.95. The number of unbranched alkanes of at least 4 members (excludes halogenated alkanes) is 4. The number of carbonyl (C=O) groups excluding carboxylic acids is 1. The summed E-state index contributed by atoms with van der Waals surface area (Å²) in [6.45, 7) is 2.82. The van der Waals surface area contributed by atoms with E-state index < -0.39 is 0 Å². The van der Waals surface area contributed by atoms with Crippen molar-refractivity contribution >= 4 is 11.6 Å². The number of hydrogen-bond donors (Lipinski definition) is 1. The summed E-state index contributed by atoms with van der Waals surface area (Å²) in [6.07, 6.45) is 5.90. The minimum atomic E-state index is -0.0639. The minimum Gasteiger partial charge on any atom is -0.493 e. The molecule has 1 rings (SSSR count). The molecule has 0 spiro atoms. The minimum absolute atomic E-state index is 0.0639. The van der Waals surface area contributed by atoms with E-state index in [2.05, 4.69) is 6.92 Å². The average Bonchev–Trinajstić information content (AvgIpc) is 2.42. The summed E-state index contributed by atoms with van der Waals surface area (Å²) in [5.74, 6) is 0.519. The van der Waals surface area contributed by atoms with Crippen LogP contribution in [0.2, 0.25) is 0 Å². The number of hydrogen-bond acceptors (Lipinski definition) is 3. The van der Waals surface area contributed by atoms with Crippen LogP contribution < -0.4 is 10.5 Å². The van der Waals surface area contributed by atoms with E-state index in [1.165, 1.54) is 19.3 Å². The van der Waals surface area contributed by atoms with Gasteiger partial charge >= 0.3 is 0 Å². The molecular weight excluding hydrogens is 252 g/mol. The molecule has 0 fully saturated rings. The molecular formula is C16H26N2O2. The van der Waals surface area contributed by atoms with Crippen molar-refractivity contribution in [2.45, 2.75) is 39.0 Å². The van der Waals surface area contributed by atoms with Gasteiger partial charge in [0.25, 0.3) is 5.91 Å². The smallest absolute Gasteiger partial charge is 0.257 e. The number of benzene rings is 1. The number of amides is 1. The lowest BCUT2D eigenvalue weighted by molar-refractivity contribution is 0.0823. The predicted octanol–water partition coefficient (Wildman–Crippen LogP) is 3.32. The molecule has 1 amide bonds. The van der Waals surface area contributed by atoms with Crippen LogP contribution in [-0.2, 0) is 0 Å². The van der Waals surface area contributed by atoms with Crippen molar-refractivity contribution in [1.29, 1.82) is 0 Å². The predicted molar refractivity (Wildman–Crippen MR) is 83.1 cm³/mol. The molecule has 0 radical (unpaired) electrons. The number of nitrogen functional groups attached to an aromatic ring is 1.